The first kappa shape index (κ1) is 15.8. The van der Waals surface area contributed by atoms with E-state index in [0.717, 1.165) is 24.3 Å². The molecule has 0 aromatic carbocycles. The van der Waals surface area contributed by atoms with Crippen LogP contribution in [0.5, 0.6) is 0 Å². The summed E-state index contributed by atoms with van der Waals surface area (Å²) in [7, 11) is 0. The summed E-state index contributed by atoms with van der Waals surface area (Å²) in [6, 6.07) is 4.14. The van der Waals surface area contributed by atoms with Crippen LogP contribution in [-0.4, -0.2) is 59.4 Å². The van der Waals surface area contributed by atoms with E-state index in [-0.39, 0.29) is 18.0 Å². The Morgan fingerprint density at radius 2 is 2.21 bits per heavy atom. The maximum atomic E-state index is 12.6. The number of thiophene rings is 1. The van der Waals surface area contributed by atoms with E-state index in [0.29, 0.717) is 18.9 Å². The van der Waals surface area contributed by atoms with Crippen LogP contribution in [0.1, 0.15) is 29.8 Å². The van der Waals surface area contributed by atoms with Gasteiger partial charge in [-0.05, 0) is 43.4 Å². The highest BCUT2D eigenvalue weighted by molar-refractivity contribution is 7.08. The molecule has 2 aromatic rings. The number of carbonyl (C=O) groups is 1. The second kappa shape index (κ2) is 7.04. The topological polar surface area (TPSA) is 70.2 Å². The first-order valence-electron chi connectivity index (χ1n) is 8.52. The summed E-state index contributed by atoms with van der Waals surface area (Å²) < 4.78 is 5.64. The van der Waals surface area contributed by atoms with Gasteiger partial charge < -0.3 is 10.1 Å². The van der Waals surface area contributed by atoms with Crippen molar-refractivity contribution in [2.45, 2.75) is 31.3 Å². The van der Waals surface area contributed by atoms with Crippen molar-refractivity contribution in [2.24, 2.45) is 0 Å². The number of aromatic amines is 1. The Morgan fingerprint density at radius 1 is 1.33 bits per heavy atom. The minimum atomic E-state index is -0.110. The molecule has 4 rings (SSSR count). The fraction of sp³-hybridized carbons (Fsp3) is 0.529. The van der Waals surface area contributed by atoms with Crippen molar-refractivity contribution in [3.8, 4) is 11.3 Å². The molecule has 4 heterocycles. The number of H-pyrrole nitrogens is 1. The smallest absolute Gasteiger partial charge is 0.269 e. The third-order valence-corrected chi connectivity index (χ3v) is 5.55. The number of carbonyl (C=O) groups excluding carboxylic acids is 1. The van der Waals surface area contributed by atoms with Crippen molar-refractivity contribution in [2.75, 3.05) is 26.3 Å². The van der Waals surface area contributed by atoms with Crippen LogP contribution in [0, 0.1) is 0 Å². The molecule has 0 radical (unpaired) electrons. The molecule has 0 bridgehead atoms. The molecule has 2 unspecified atom stereocenters. The van der Waals surface area contributed by atoms with Gasteiger partial charge in [0.15, 0.2) is 0 Å². The molecular weight excluding hydrogens is 324 g/mol. The van der Waals surface area contributed by atoms with Gasteiger partial charge in [0.2, 0.25) is 0 Å². The van der Waals surface area contributed by atoms with E-state index in [1.165, 1.54) is 19.3 Å². The standard InChI is InChI=1S/C17H22N4O2S/c22-17(14-8-13(19-20-14)12-4-7-24-11-12)18-15-9-23-10-16(15)21-5-2-1-3-6-21/h4,7-8,11,15-16H,1-3,5-6,9-10H2,(H,18,22)(H,19,20). The highest BCUT2D eigenvalue weighted by atomic mass is 32.1. The summed E-state index contributed by atoms with van der Waals surface area (Å²) in [5.41, 5.74) is 2.34. The van der Waals surface area contributed by atoms with E-state index in [9.17, 15) is 4.79 Å². The fourth-order valence-electron chi connectivity index (χ4n) is 3.53. The highest BCUT2D eigenvalue weighted by Gasteiger charge is 2.35. The number of amides is 1. The zero-order valence-corrected chi connectivity index (χ0v) is 14.3. The molecule has 0 aliphatic carbocycles. The third kappa shape index (κ3) is 3.24. The van der Waals surface area contributed by atoms with Crippen molar-refractivity contribution < 1.29 is 9.53 Å². The Balaban J connectivity index is 1.41. The Hall–Kier alpha value is -1.70. The van der Waals surface area contributed by atoms with Crippen molar-refractivity contribution >= 4 is 17.2 Å². The number of likely N-dealkylation sites (tertiary alicyclic amines) is 1. The van der Waals surface area contributed by atoms with Crippen LogP contribution in [0.4, 0.5) is 0 Å². The van der Waals surface area contributed by atoms with Gasteiger partial charge >= 0.3 is 0 Å². The minimum absolute atomic E-state index is 0.0449. The number of rotatable bonds is 4. The molecule has 2 atom stereocenters. The van der Waals surface area contributed by atoms with Gasteiger partial charge in [0.05, 0.1) is 31.0 Å². The molecule has 2 saturated heterocycles. The van der Waals surface area contributed by atoms with Gasteiger partial charge in [0, 0.05) is 10.9 Å². The van der Waals surface area contributed by atoms with Crippen molar-refractivity contribution in [1.29, 1.82) is 0 Å². The minimum Gasteiger partial charge on any atom is -0.378 e. The van der Waals surface area contributed by atoms with Gasteiger partial charge in [-0.25, -0.2) is 0 Å². The van der Waals surface area contributed by atoms with Gasteiger partial charge in [0.1, 0.15) is 5.69 Å². The summed E-state index contributed by atoms with van der Waals surface area (Å²) >= 11 is 1.62. The lowest BCUT2D eigenvalue weighted by Crippen LogP contribution is -2.52. The predicted molar refractivity (Wildman–Crippen MR) is 93.2 cm³/mol. The fourth-order valence-corrected chi connectivity index (χ4v) is 4.18. The average molecular weight is 346 g/mol. The maximum absolute atomic E-state index is 12.6. The molecule has 0 saturated carbocycles. The van der Waals surface area contributed by atoms with Crippen molar-refractivity contribution in [1.82, 2.24) is 20.4 Å². The number of hydrogen-bond donors (Lipinski definition) is 2. The number of nitrogens with zero attached hydrogens (tertiary/aromatic N) is 2. The molecule has 2 aliphatic rings. The second-order valence-corrected chi connectivity index (χ2v) is 7.24. The zero-order chi connectivity index (χ0) is 16.4. The van der Waals surface area contributed by atoms with Crippen LogP contribution in [-0.2, 0) is 4.74 Å². The second-order valence-electron chi connectivity index (χ2n) is 6.46. The summed E-state index contributed by atoms with van der Waals surface area (Å²) in [5, 5.41) is 14.2. The van der Waals surface area contributed by atoms with Gasteiger partial charge in [-0.15, -0.1) is 0 Å². The Morgan fingerprint density at radius 3 is 3.00 bits per heavy atom. The SMILES string of the molecule is O=C(NC1COCC1N1CCCCC1)c1cc(-c2ccsc2)n[nH]1. The molecule has 7 heteroatoms. The highest BCUT2D eigenvalue weighted by Crippen LogP contribution is 2.21. The number of nitrogens with one attached hydrogen (secondary N) is 2. The molecule has 2 N–H and O–H groups in total. The molecule has 2 aromatic heterocycles. The van der Waals surface area contributed by atoms with E-state index in [1.54, 1.807) is 11.3 Å². The van der Waals surface area contributed by atoms with Gasteiger partial charge in [-0.2, -0.15) is 16.4 Å². The Bertz CT molecular complexity index is 679. The summed E-state index contributed by atoms with van der Waals surface area (Å²) in [6.07, 6.45) is 3.78. The lowest BCUT2D eigenvalue weighted by atomic mass is 10.0. The molecule has 6 nitrogen and oxygen atoms in total. The van der Waals surface area contributed by atoms with Crippen molar-refractivity contribution in [3.63, 3.8) is 0 Å². The van der Waals surface area contributed by atoms with Crippen LogP contribution in [0.3, 0.4) is 0 Å². The average Bonchev–Trinajstić information content (AvgIpc) is 3.36. The monoisotopic (exact) mass is 346 g/mol. The maximum Gasteiger partial charge on any atom is 0.269 e. The number of hydrogen-bond acceptors (Lipinski definition) is 5. The Kier molecular flexibility index (Phi) is 4.64. The first-order valence-corrected chi connectivity index (χ1v) is 9.46. The molecule has 2 aliphatic heterocycles. The van der Waals surface area contributed by atoms with E-state index in [4.69, 9.17) is 4.74 Å². The zero-order valence-electron chi connectivity index (χ0n) is 13.5. The largest absolute Gasteiger partial charge is 0.378 e. The summed E-state index contributed by atoms with van der Waals surface area (Å²) in [4.78, 5) is 15.0. The van der Waals surface area contributed by atoms with Crippen LogP contribution >= 0.6 is 11.3 Å². The van der Waals surface area contributed by atoms with Crippen LogP contribution < -0.4 is 5.32 Å². The summed E-state index contributed by atoms with van der Waals surface area (Å²) in [6.45, 7) is 3.49. The number of aromatic nitrogens is 2. The number of ether oxygens (including phenoxy) is 1. The van der Waals surface area contributed by atoms with E-state index in [2.05, 4.69) is 20.4 Å². The van der Waals surface area contributed by atoms with E-state index < -0.39 is 0 Å². The normalized spacial score (nSPS) is 25.0. The molecule has 1 amide bonds. The van der Waals surface area contributed by atoms with Crippen LogP contribution in [0.15, 0.2) is 22.9 Å². The van der Waals surface area contributed by atoms with Crippen LogP contribution in [0.2, 0.25) is 0 Å². The molecule has 128 valence electrons. The van der Waals surface area contributed by atoms with Crippen molar-refractivity contribution in [3.05, 3.63) is 28.6 Å². The molecule has 24 heavy (non-hydrogen) atoms. The molecule has 0 spiro atoms. The lowest BCUT2D eigenvalue weighted by Gasteiger charge is -2.34. The van der Waals surface area contributed by atoms with Crippen LogP contribution in [0.25, 0.3) is 11.3 Å². The number of piperidine rings is 1. The van der Waals surface area contributed by atoms with Gasteiger partial charge in [-0.1, -0.05) is 6.42 Å². The van der Waals surface area contributed by atoms with E-state index >= 15 is 0 Å². The van der Waals surface area contributed by atoms with Gasteiger partial charge in [-0.3, -0.25) is 14.8 Å². The van der Waals surface area contributed by atoms with E-state index in [1.807, 2.05) is 22.9 Å². The predicted octanol–water partition coefficient (Wildman–Crippen LogP) is 2.12. The first-order chi connectivity index (χ1) is 11.8. The quantitative estimate of drug-likeness (QED) is 0.890. The Labute approximate surface area is 145 Å². The third-order valence-electron chi connectivity index (χ3n) is 4.87. The lowest BCUT2D eigenvalue weighted by molar-refractivity contribution is 0.0895. The summed E-state index contributed by atoms with van der Waals surface area (Å²) in [5.74, 6) is -0.110. The molecular formula is C17H22N4O2S. The van der Waals surface area contributed by atoms with Gasteiger partial charge in [0.25, 0.3) is 5.91 Å². The molecule has 2 fully saturated rings.